The standard InChI is InChI=1S/C13H17F3N2/c14-13(15,16)6-2-7-18-8-5-11-10(9-18)3-1-4-12(11)17/h1,3-4H,2,5-9,17H2. The number of anilines is 1. The normalized spacial score (nSPS) is 16.6. The molecule has 1 aromatic carbocycles. The highest BCUT2D eigenvalue weighted by Crippen LogP contribution is 2.25. The predicted molar refractivity (Wildman–Crippen MR) is 65.1 cm³/mol. The largest absolute Gasteiger partial charge is 0.398 e. The highest BCUT2D eigenvalue weighted by Gasteiger charge is 2.27. The fourth-order valence-electron chi connectivity index (χ4n) is 2.39. The van der Waals surface area contributed by atoms with Gasteiger partial charge in [-0.1, -0.05) is 12.1 Å². The zero-order valence-corrected chi connectivity index (χ0v) is 10.1. The van der Waals surface area contributed by atoms with E-state index in [1.165, 1.54) is 0 Å². The average Bonchev–Trinajstić information content (AvgIpc) is 2.27. The van der Waals surface area contributed by atoms with Gasteiger partial charge in [-0.25, -0.2) is 0 Å². The Morgan fingerprint density at radius 2 is 2.06 bits per heavy atom. The lowest BCUT2D eigenvalue weighted by atomic mass is 9.98. The average molecular weight is 258 g/mol. The molecule has 0 aliphatic carbocycles. The molecule has 0 saturated carbocycles. The maximum absolute atomic E-state index is 12.1. The van der Waals surface area contributed by atoms with Crippen molar-refractivity contribution in [3.8, 4) is 0 Å². The van der Waals surface area contributed by atoms with Crippen LogP contribution in [0.2, 0.25) is 0 Å². The minimum Gasteiger partial charge on any atom is -0.398 e. The van der Waals surface area contributed by atoms with Gasteiger partial charge < -0.3 is 5.73 Å². The van der Waals surface area contributed by atoms with E-state index in [0.29, 0.717) is 13.1 Å². The Balaban J connectivity index is 1.89. The lowest BCUT2D eigenvalue weighted by molar-refractivity contribution is -0.136. The van der Waals surface area contributed by atoms with Gasteiger partial charge in [-0.05, 0) is 36.6 Å². The molecule has 18 heavy (non-hydrogen) atoms. The topological polar surface area (TPSA) is 29.3 Å². The number of benzene rings is 1. The summed E-state index contributed by atoms with van der Waals surface area (Å²) in [5.74, 6) is 0. The van der Waals surface area contributed by atoms with Crippen molar-refractivity contribution in [1.82, 2.24) is 4.90 Å². The van der Waals surface area contributed by atoms with Gasteiger partial charge in [-0.3, -0.25) is 4.90 Å². The molecule has 1 aliphatic rings. The van der Waals surface area contributed by atoms with Crippen molar-refractivity contribution < 1.29 is 13.2 Å². The molecule has 0 bridgehead atoms. The summed E-state index contributed by atoms with van der Waals surface area (Å²) < 4.78 is 36.2. The summed E-state index contributed by atoms with van der Waals surface area (Å²) in [4.78, 5) is 2.06. The molecule has 1 aromatic rings. The van der Waals surface area contributed by atoms with Crippen LogP contribution in [0, 0.1) is 0 Å². The summed E-state index contributed by atoms with van der Waals surface area (Å²) in [7, 11) is 0. The second-order valence-corrected chi connectivity index (χ2v) is 4.73. The zero-order chi connectivity index (χ0) is 13.2. The summed E-state index contributed by atoms with van der Waals surface area (Å²) in [5, 5.41) is 0. The molecule has 0 atom stereocenters. The highest BCUT2D eigenvalue weighted by molar-refractivity contribution is 5.51. The fourth-order valence-corrected chi connectivity index (χ4v) is 2.39. The molecular formula is C13H17F3N2. The first-order chi connectivity index (χ1) is 8.46. The molecule has 0 fully saturated rings. The van der Waals surface area contributed by atoms with Gasteiger partial charge in [0.05, 0.1) is 0 Å². The SMILES string of the molecule is Nc1cccc2c1CCN(CCCC(F)(F)F)C2. The minimum atomic E-state index is -4.04. The molecule has 1 aliphatic heterocycles. The summed E-state index contributed by atoms with van der Waals surface area (Å²) in [6, 6.07) is 5.77. The number of nitrogens with zero attached hydrogens (tertiary/aromatic N) is 1. The maximum Gasteiger partial charge on any atom is 0.389 e. The third kappa shape index (κ3) is 3.38. The third-order valence-corrected chi connectivity index (χ3v) is 3.32. The van der Waals surface area contributed by atoms with Gasteiger partial charge in [0.25, 0.3) is 0 Å². The van der Waals surface area contributed by atoms with Crippen molar-refractivity contribution in [3.63, 3.8) is 0 Å². The van der Waals surface area contributed by atoms with E-state index in [-0.39, 0.29) is 6.42 Å². The molecule has 2 rings (SSSR count). The Morgan fingerprint density at radius 1 is 1.28 bits per heavy atom. The van der Waals surface area contributed by atoms with Crippen molar-refractivity contribution in [2.45, 2.75) is 32.0 Å². The van der Waals surface area contributed by atoms with Gasteiger partial charge in [-0.2, -0.15) is 13.2 Å². The second-order valence-electron chi connectivity index (χ2n) is 4.73. The smallest absolute Gasteiger partial charge is 0.389 e. The summed E-state index contributed by atoms with van der Waals surface area (Å²) in [6.07, 6.45) is -3.75. The van der Waals surface area contributed by atoms with Crippen molar-refractivity contribution in [3.05, 3.63) is 29.3 Å². The van der Waals surface area contributed by atoms with Crippen molar-refractivity contribution in [1.29, 1.82) is 0 Å². The molecule has 0 unspecified atom stereocenters. The molecule has 0 saturated heterocycles. The van der Waals surface area contributed by atoms with Crippen LogP contribution in [-0.4, -0.2) is 24.2 Å². The maximum atomic E-state index is 12.1. The molecule has 100 valence electrons. The quantitative estimate of drug-likeness (QED) is 0.844. The van der Waals surface area contributed by atoms with Gasteiger partial charge in [-0.15, -0.1) is 0 Å². The number of nitrogens with two attached hydrogens (primary N) is 1. The van der Waals surface area contributed by atoms with Gasteiger partial charge >= 0.3 is 6.18 Å². The van der Waals surface area contributed by atoms with Crippen LogP contribution < -0.4 is 5.73 Å². The molecule has 2 N–H and O–H groups in total. The van der Waals surface area contributed by atoms with Crippen LogP contribution in [-0.2, 0) is 13.0 Å². The molecule has 0 spiro atoms. The Bertz CT molecular complexity index is 415. The van der Waals surface area contributed by atoms with Crippen LogP contribution in [0.5, 0.6) is 0 Å². The van der Waals surface area contributed by atoms with Crippen LogP contribution in [0.15, 0.2) is 18.2 Å². The summed E-state index contributed by atoms with van der Waals surface area (Å²) in [6.45, 7) is 1.99. The molecular weight excluding hydrogens is 241 g/mol. The number of alkyl halides is 3. The first-order valence-electron chi connectivity index (χ1n) is 6.11. The minimum absolute atomic E-state index is 0.168. The van der Waals surface area contributed by atoms with Gasteiger partial charge in [0, 0.05) is 25.2 Å². The monoisotopic (exact) mass is 258 g/mol. The van der Waals surface area contributed by atoms with E-state index in [2.05, 4.69) is 4.90 Å². The van der Waals surface area contributed by atoms with Gasteiger partial charge in [0.1, 0.15) is 0 Å². The Hall–Kier alpha value is -1.23. The number of hydrogen-bond donors (Lipinski definition) is 1. The zero-order valence-electron chi connectivity index (χ0n) is 10.1. The molecule has 0 aromatic heterocycles. The van der Waals surface area contributed by atoms with Crippen LogP contribution in [0.3, 0.4) is 0 Å². The number of halogens is 3. The molecule has 0 amide bonds. The molecule has 1 heterocycles. The van der Waals surface area contributed by atoms with Crippen LogP contribution in [0.4, 0.5) is 18.9 Å². The van der Waals surface area contributed by atoms with Gasteiger partial charge in [0.2, 0.25) is 0 Å². The number of hydrogen-bond acceptors (Lipinski definition) is 2. The van der Waals surface area contributed by atoms with Gasteiger partial charge in [0.15, 0.2) is 0 Å². The second kappa shape index (κ2) is 5.18. The van der Waals surface area contributed by atoms with Crippen LogP contribution >= 0.6 is 0 Å². The van der Waals surface area contributed by atoms with Crippen LogP contribution in [0.25, 0.3) is 0 Å². The highest BCUT2D eigenvalue weighted by atomic mass is 19.4. The van der Waals surface area contributed by atoms with Crippen molar-refractivity contribution in [2.24, 2.45) is 0 Å². The van der Waals surface area contributed by atoms with E-state index in [1.54, 1.807) is 0 Å². The lowest BCUT2D eigenvalue weighted by Crippen LogP contribution is -2.32. The number of nitrogen functional groups attached to an aromatic ring is 1. The Labute approximate surface area is 105 Å². The van der Waals surface area contributed by atoms with E-state index in [4.69, 9.17) is 5.73 Å². The predicted octanol–water partition coefficient (Wildman–Crippen LogP) is 2.97. The summed E-state index contributed by atoms with van der Waals surface area (Å²) in [5.41, 5.74) is 8.97. The van der Waals surface area contributed by atoms with E-state index in [0.717, 1.165) is 29.8 Å². The van der Waals surface area contributed by atoms with E-state index >= 15 is 0 Å². The molecule has 0 radical (unpaired) electrons. The third-order valence-electron chi connectivity index (χ3n) is 3.32. The van der Waals surface area contributed by atoms with E-state index in [9.17, 15) is 13.2 Å². The fraction of sp³-hybridized carbons (Fsp3) is 0.538. The molecule has 2 nitrogen and oxygen atoms in total. The first kappa shape index (κ1) is 13.2. The number of rotatable bonds is 3. The van der Waals surface area contributed by atoms with Crippen molar-refractivity contribution >= 4 is 5.69 Å². The molecule has 5 heteroatoms. The van der Waals surface area contributed by atoms with E-state index < -0.39 is 12.6 Å². The van der Waals surface area contributed by atoms with Crippen molar-refractivity contribution in [2.75, 3.05) is 18.8 Å². The Morgan fingerprint density at radius 3 is 2.78 bits per heavy atom. The van der Waals surface area contributed by atoms with Crippen LogP contribution in [0.1, 0.15) is 24.0 Å². The lowest BCUT2D eigenvalue weighted by Gasteiger charge is -2.29. The van der Waals surface area contributed by atoms with E-state index in [1.807, 2.05) is 18.2 Å². The Kier molecular flexibility index (Phi) is 3.80. The summed E-state index contributed by atoms with van der Waals surface area (Å²) >= 11 is 0. The first-order valence-corrected chi connectivity index (χ1v) is 6.11. The number of fused-ring (bicyclic) bond motifs is 1.